The monoisotopic (exact) mass is 242 g/mol. The molecule has 0 radical (unpaired) electrons. The van der Waals surface area contributed by atoms with Crippen LogP contribution in [0.3, 0.4) is 0 Å². The molecule has 0 aliphatic heterocycles. The van der Waals surface area contributed by atoms with Crippen LogP contribution in [0.5, 0.6) is 0 Å². The summed E-state index contributed by atoms with van der Waals surface area (Å²) in [5.74, 6) is 0. The molecule has 0 saturated heterocycles. The van der Waals surface area contributed by atoms with Gasteiger partial charge in [0.05, 0.1) is 7.11 Å². The third kappa shape index (κ3) is 2.88. The maximum absolute atomic E-state index is 10.8. The molecule has 0 saturated carbocycles. The van der Waals surface area contributed by atoms with Crippen molar-refractivity contribution in [1.82, 2.24) is 0 Å². The van der Waals surface area contributed by atoms with Crippen molar-refractivity contribution in [1.29, 1.82) is 0 Å². The Labute approximate surface area is 106 Å². The van der Waals surface area contributed by atoms with E-state index in [-0.39, 0.29) is 6.61 Å². The lowest BCUT2D eigenvalue weighted by molar-refractivity contribution is 0.0819. The largest absolute Gasteiger partial charge is 0.508 e. The lowest BCUT2D eigenvalue weighted by Gasteiger charge is -2.02. The van der Waals surface area contributed by atoms with Crippen LogP contribution in [0.2, 0.25) is 0 Å². The zero-order valence-electron chi connectivity index (χ0n) is 10.1. The van der Waals surface area contributed by atoms with Crippen LogP contribution in [0.25, 0.3) is 16.8 Å². The molecule has 0 aliphatic carbocycles. The standard InChI is InChI=1S/C15H14O3/c1-17-15(16)18-11-5-9-13-8-4-7-12-6-2-3-10-14(12)13/h2-10H,11H2,1H3. The van der Waals surface area contributed by atoms with E-state index >= 15 is 0 Å². The van der Waals surface area contributed by atoms with Gasteiger partial charge < -0.3 is 9.47 Å². The second kappa shape index (κ2) is 5.87. The molecule has 0 spiro atoms. The molecule has 2 aromatic rings. The fourth-order valence-electron chi connectivity index (χ4n) is 1.75. The highest BCUT2D eigenvalue weighted by Crippen LogP contribution is 2.19. The summed E-state index contributed by atoms with van der Waals surface area (Å²) >= 11 is 0. The number of benzene rings is 2. The van der Waals surface area contributed by atoms with Gasteiger partial charge in [-0.05, 0) is 22.4 Å². The summed E-state index contributed by atoms with van der Waals surface area (Å²) in [6.07, 6.45) is 3.06. The van der Waals surface area contributed by atoms with Crippen molar-refractivity contribution in [2.45, 2.75) is 0 Å². The summed E-state index contributed by atoms with van der Waals surface area (Å²) in [5, 5.41) is 2.36. The van der Waals surface area contributed by atoms with Gasteiger partial charge in [-0.3, -0.25) is 0 Å². The molecule has 0 aromatic heterocycles. The second-order valence-electron chi connectivity index (χ2n) is 3.74. The van der Waals surface area contributed by atoms with Crippen molar-refractivity contribution in [3.63, 3.8) is 0 Å². The van der Waals surface area contributed by atoms with Crippen LogP contribution in [0, 0.1) is 0 Å². The number of fused-ring (bicyclic) bond motifs is 1. The Bertz CT molecular complexity index is 567. The van der Waals surface area contributed by atoms with E-state index in [0.717, 1.165) is 5.56 Å². The summed E-state index contributed by atoms with van der Waals surface area (Å²) in [7, 11) is 1.29. The van der Waals surface area contributed by atoms with Crippen LogP contribution in [0.4, 0.5) is 4.79 Å². The van der Waals surface area contributed by atoms with Crippen molar-refractivity contribution in [3.05, 3.63) is 54.1 Å². The number of carbonyl (C=O) groups is 1. The third-order valence-corrected chi connectivity index (χ3v) is 2.58. The maximum atomic E-state index is 10.8. The fourth-order valence-corrected chi connectivity index (χ4v) is 1.75. The van der Waals surface area contributed by atoms with E-state index < -0.39 is 6.16 Å². The Kier molecular flexibility index (Phi) is 3.97. The summed E-state index contributed by atoms with van der Waals surface area (Å²) in [6, 6.07) is 14.2. The van der Waals surface area contributed by atoms with E-state index in [4.69, 9.17) is 4.74 Å². The van der Waals surface area contributed by atoms with Gasteiger partial charge in [0.1, 0.15) is 6.61 Å². The summed E-state index contributed by atoms with van der Waals surface area (Å²) < 4.78 is 9.15. The Balaban J connectivity index is 2.12. The van der Waals surface area contributed by atoms with E-state index in [0.29, 0.717) is 0 Å². The van der Waals surface area contributed by atoms with Gasteiger partial charge in [0.2, 0.25) is 0 Å². The Morgan fingerprint density at radius 2 is 1.94 bits per heavy atom. The van der Waals surface area contributed by atoms with Crippen LogP contribution in [-0.2, 0) is 9.47 Å². The molecule has 18 heavy (non-hydrogen) atoms. The Hall–Kier alpha value is -2.29. The first kappa shape index (κ1) is 12.2. The molecular formula is C15H14O3. The van der Waals surface area contributed by atoms with Gasteiger partial charge in [-0.1, -0.05) is 48.5 Å². The topological polar surface area (TPSA) is 35.5 Å². The molecule has 0 aliphatic rings. The molecule has 92 valence electrons. The number of methoxy groups -OCH3 is 1. The highest BCUT2D eigenvalue weighted by molar-refractivity contribution is 5.90. The first-order valence-corrected chi connectivity index (χ1v) is 5.66. The minimum absolute atomic E-state index is 0.204. The molecule has 2 rings (SSSR count). The van der Waals surface area contributed by atoms with Crippen molar-refractivity contribution in [2.75, 3.05) is 13.7 Å². The van der Waals surface area contributed by atoms with Gasteiger partial charge in [0.15, 0.2) is 0 Å². The lowest BCUT2D eigenvalue weighted by Crippen LogP contribution is -2.03. The first-order chi connectivity index (χ1) is 8.81. The molecule has 0 heterocycles. The van der Waals surface area contributed by atoms with E-state index in [2.05, 4.69) is 22.9 Å². The first-order valence-electron chi connectivity index (χ1n) is 5.66. The Morgan fingerprint density at radius 1 is 1.17 bits per heavy atom. The quantitative estimate of drug-likeness (QED) is 0.771. The highest BCUT2D eigenvalue weighted by Gasteiger charge is 1.98. The summed E-state index contributed by atoms with van der Waals surface area (Å²) in [5.41, 5.74) is 1.10. The predicted octanol–water partition coefficient (Wildman–Crippen LogP) is 3.64. The normalized spacial score (nSPS) is 10.7. The van der Waals surface area contributed by atoms with Gasteiger partial charge in [-0.15, -0.1) is 0 Å². The molecule has 0 amide bonds. The minimum Gasteiger partial charge on any atom is -0.438 e. The zero-order chi connectivity index (χ0) is 12.8. The average molecular weight is 242 g/mol. The number of hydrogen-bond acceptors (Lipinski definition) is 3. The molecule has 0 atom stereocenters. The smallest absolute Gasteiger partial charge is 0.438 e. The highest BCUT2D eigenvalue weighted by atomic mass is 16.7. The molecule has 0 N–H and O–H groups in total. The summed E-state index contributed by atoms with van der Waals surface area (Å²) in [6.45, 7) is 0.204. The molecule has 3 heteroatoms. The summed E-state index contributed by atoms with van der Waals surface area (Å²) in [4.78, 5) is 10.8. The molecule has 0 fully saturated rings. The van der Waals surface area contributed by atoms with Gasteiger partial charge in [0, 0.05) is 0 Å². The van der Waals surface area contributed by atoms with Gasteiger partial charge in [-0.2, -0.15) is 0 Å². The SMILES string of the molecule is COC(=O)OCC=Cc1cccc2ccccc12. The fraction of sp³-hybridized carbons (Fsp3) is 0.133. The minimum atomic E-state index is -0.669. The lowest BCUT2D eigenvalue weighted by atomic mass is 10.0. The van der Waals surface area contributed by atoms with Crippen molar-refractivity contribution in [3.8, 4) is 0 Å². The van der Waals surface area contributed by atoms with E-state index in [1.807, 2.05) is 30.3 Å². The maximum Gasteiger partial charge on any atom is 0.508 e. The molecule has 2 aromatic carbocycles. The second-order valence-corrected chi connectivity index (χ2v) is 3.74. The molecular weight excluding hydrogens is 228 g/mol. The van der Waals surface area contributed by atoms with E-state index in [1.165, 1.54) is 17.9 Å². The van der Waals surface area contributed by atoms with Crippen LogP contribution >= 0.6 is 0 Å². The molecule has 3 nitrogen and oxygen atoms in total. The van der Waals surface area contributed by atoms with Crippen molar-refractivity contribution < 1.29 is 14.3 Å². The number of carbonyl (C=O) groups excluding carboxylic acids is 1. The molecule has 0 bridgehead atoms. The zero-order valence-corrected chi connectivity index (χ0v) is 10.1. The third-order valence-electron chi connectivity index (χ3n) is 2.58. The van der Waals surface area contributed by atoms with Crippen LogP contribution in [-0.4, -0.2) is 19.9 Å². The molecule has 0 unspecified atom stereocenters. The van der Waals surface area contributed by atoms with E-state index in [1.54, 1.807) is 6.08 Å². The van der Waals surface area contributed by atoms with E-state index in [9.17, 15) is 4.79 Å². The number of ether oxygens (including phenoxy) is 2. The Morgan fingerprint density at radius 3 is 2.78 bits per heavy atom. The van der Waals surface area contributed by atoms with Crippen molar-refractivity contribution in [2.24, 2.45) is 0 Å². The van der Waals surface area contributed by atoms with Crippen LogP contribution < -0.4 is 0 Å². The average Bonchev–Trinajstić information content (AvgIpc) is 2.43. The number of hydrogen-bond donors (Lipinski definition) is 0. The van der Waals surface area contributed by atoms with Crippen LogP contribution in [0.15, 0.2) is 48.5 Å². The number of rotatable bonds is 3. The van der Waals surface area contributed by atoms with Gasteiger partial charge in [-0.25, -0.2) is 4.79 Å². The van der Waals surface area contributed by atoms with Crippen molar-refractivity contribution >= 4 is 23.0 Å². The predicted molar refractivity (Wildman–Crippen MR) is 71.3 cm³/mol. The van der Waals surface area contributed by atoms with Gasteiger partial charge >= 0.3 is 6.16 Å². The van der Waals surface area contributed by atoms with Crippen LogP contribution in [0.1, 0.15) is 5.56 Å². The van der Waals surface area contributed by atoms with Gasteiger partial charge in [0.25, 0.3) is 0 Å².